The highest BCUT2D eigenvalue weighted by Gasteiger charge is 2.24. The van der Waals surface area contributed by atoms with Crippen LogP contribution in [0.4, 0.5) is 0 Å². The minimum absolute atomic E-state index is 0.104. The van der Waals surface area contributed by atoms with E-state index in [0.717, 1.165) is 56.8 Å². The predicted molar refractivity (Wildman–Crippen MR) is 111 cm³/mol. The van der Waals surface area contributed by atoms with Crippen molar-refractivity contribution < 1.29 is 4.79 Å². The van der Waals surface area contributed by atoms with Gasteiger partial charge in [-0.05, 0) is 51.2 Å². The number of carbonyl (C=O) groups excluding carboxylic acids is 1. The average Bonchev–Trinajstić information content (AvgIpc) is 3.39. The average molecular weight is 393 g/mol. The van der Waals surface area contributed by atoms with Crippen LogP contribution in [0.25, 0.3) is 11.4 Å². The van der Waals surface area contributed by atoms with E-state index in [1.54, 1.807) is 17.1 Å². The fourth-order valence-corrected chi connectivity index (χ4v) is 4.03. The Morgan fingerprint density at radius 1 is 1.21 bits per heavy atom. The SMILES string of the molecule is CCn1cc(C(=O)N2CCC(CCn3c(C)cnc3-c3cccnc3)CC2)cn1. The number of rotatable bonds is 6. The fraction of sp³-hybridized carbons (Fsp3) is 0.455. The van der Waals surface area contributed by atoms with Crippen molar-refractivity contribution in [2.75, 3.05) is 13.1 Å². The molecule has 152 valence electrons. The molecule has 29 heavy (non-hydrogen) atoms. The zero-order chi connectivity index (χ0) is 20.2. The van der Waals surface area contributed by atoms with Gasteiger partial charge in [-0.3, -0.25) is 14.5 Å². The lowest BCUT2D eigenvalue weighted by Gasteiger charge is -2.32. The number of pyridine rings is 1. The van der Waals surface area contributed by atoms with Crippen LogP contribution in [0.1, 0.15) is 42.2 Å². The lowest BCUT2D eigenvalue weighted by molar-refractivity contribution is 0.0685. The molecule has 1 saturated heterocycles. The highest BCUT2D eigenvalue weighted by molar-refractivity contribution is 5.93. The number of nitrogens with zero attached hydrogens (tertiary/aromatic N) is 6. The molecule has 7 nitrogen and oxygen atoms in total. The molecule has 4 rings (SSSR count). The van der Waals surface area contributed by atoms with Gasteiger partial charge in [0.2, 0.25) is 0 Å². The van der Waals surface area contributed by atoms with Crippen LogP contribution >= 0.6 is 0 Å². The van der Waals surface area contributed by atoms with Crippen molar-refractivity contribution in [1.82, 2.24) is 29.2 Å². The van der Waals surface area contributed by atoms with Crippen molar-refractivity contribution >= 4 is 5.91 Å². The van der Waals surface area contributed by atoms with Crippen LogP contribution in [0.2, 0.25) is 0 Å². The van der Waals surface area contributed by atoms with Crippen LogP contribution in [-0.4, -0.2) is 48.2 Å². The first kappa shape index (κ1) is 19.4. The van der Waals surface area contributed by atoms with Gasteiger partial charge in [0, 0.05) is 62.2 Å². The summed E-state index contributed by atoms with van der Waals surface area (Å²) in [5.74, 6) is 1.71. The maximum Gasteiger partial charge on any atom is 0.257 e. The van der Waals surface area contributed by atoms with E-state index in [9.17, 15) is 4.79 Å². The van der Waals surface area contributed by atoms with Gasteiger partial charge in [-0.1, -0.05) is 0 Å². The third-order valence-electron chi connectivity index (χ3n) is 5.84. The summed E-state index contributed by atoms with van der Waals surface area (Å²) in [5, 5.41) is 4.22. The van der Waals surface area contributed by atoms with Crippen LogP contribution < -0.4 is 0 Å². The molecule has 1 fully saturated rings. The Bertz CT molecular complexity index is 953. The summed E-state index contributed by atoms with van der Waals surface area (Å²) in [6.07, 6.45) is 12.3. The molecule has 4 heterocycles. The van der Waals surface area contributed by atoms with Crippen molar-refractivity contribution in [3.8, 4) is 11.4 Å². The molecule has 0 aromatic carbocycles. The quantitative estimate of drug-likeness (QED) is 0.645. The second-order valence-corrected chi connectivity index (χ2v) is 7.73. The normalized spacial score (nSPS) is 15.0. The summed E-state index contributed by atoms with van der Waals surface area (Å²) in [4.78, 5) is 23.5. The van der Waals surface area contributed by atoms with Gasteiger partial charge in [0.15, 0.2) is 0 Å². The van der Waals surface area contributed by atoms with E-state index >= 15 is 0 Å². The van der Waals surface area contributed by atoms with Gasteiger partial charge in [0.05, 0.1) is 11.8 Å². The topological polar surface area (TPSA) is 68.8 Å². The molecule has 0 spiro atoms. The van der Waals surface area contributed by atoms with Crippen molar-refractivity contribution in [2.24, 2.45) is 5.92 Å². The van der Waals surface area contributed by atoms with E-state index in [4.69, 9.17) is 0 Å². The lowest BCUT2D eigenvalue weighted by Crippen LogP contribution is -2.38. The lowest BCUT2D eigenvalue weighted by atomic mass is 9.93. The van der Waals surface area contributed by atoms with E-state index in [1.807, 2.05) is 36.5 Å². The molecule has 0 saturated carbocycles. The number of amides is 1. The predicted octanol–water partition coefficient (Wildman–Crippen LogP) is 3.41. The Balaban J connectivity index is 1.33. The van der Waals surface area contributed by atoms with Gasteiger partial charge in [-0.25, -0.2) is 4.98 Å². The number of hydrogen-bond donors (Lipinski definition) is 0. The van der Waals surface area contributed by atoms with Crippen molar-refractivity contribution in [1.29, 1.82) is 0 Å². The molecular weight excluding hydrogens is 364 g/mol. The molecule has 1 amide bonds. The van der Waals surface area contributed by atoms with Gasteiger partial charge in [-0.2, -0.15) is 5.10 Å². The number of imidazole rings is 1. The maximum absolute atomic E-state index is 12.7. The number of carbonyl (C=O) groups is 1. The summed E-state index contributed by atoms with van der Waals surface area (Å²) in [7, 11) is 0. The van der Waals surface area contributed by atoms with Crippen molar-refractivity contribution in [3.05, 3.63) is 54.4 Å². The largest absolute Gasteiger partial charge is 0.339 e. The van der Waals surface area contributed by atoms with E-state index in [1.165, 1.54) is 5.69 Å². The van der Waals surface area contributed by atoms with E-state index < -0.39 is 0 Å². The molecule has 7 heteroatoms. The standard InChI is InChI=1S/C22H28N6O/c1-3-27-16-20(15-25-27)22(29)26-10-6-18(7-11-26)8-12-28-17(2)13-24-21(28)19-5-4-9-23-14-19/h4-5,9,13-16,18H,3,6-8,10-12H2,1-2H3. The zero-order valence-corrected chi connectivity index (χ0v) is 17.2. The number of piperidine rings is 1. The number of hydrogen-bond acceptors (Lipinski definition) is 4. The minimum Gasteiger partial charge on any atom is -0.339 e. The molecule has 0 bridgehead atoms. The Labute approximate surface area is 171 Å². The van der Waals surface area contributed by atoms with Gasteiger partial charge in [0.1, 0.15) is 5.82 Å². The molecular formula is C22H28N6O. The van der Waals surface area contributed by atoms with E-state index in [2.05, 4.69) is 32.6 Å². The smallest absolute Gasteiger partial charge is 0.257 e. The van der Waals surface area contributed by atoms with Gasteiger partial charge in [-0.15, -0.1) is 0 Å². The molecule has 0 atom stereocenters. The molecule has 0 radical (unpaired) electrons. The number of likely N-dealkylation sites (tertiary alicyclic amines) is 1. The van der Waals surface area contributed by atoms with Crippen LogP contribution in [0.5, 0.6) is 0 Å². The molecule has 3 aromatic heterocycles. The van der Waals surface area contributed by atoms with Gasteiger partial charge in [0.25, 0.3) is 5.91 Å². The van der Waals surface area contributed by atoms with Gasteiger partial charge >= 0.3 is 0 Å². The second-order valence-electron chi connectivity index (χ2n) is 7.73. The zero-order valence-electron chi connectivity index (χ0n) is 17.2. The summed E-state index contributed by atoms with van der Waals surface area (Å²) >= 11 is 0. The minimum atomic E-state index is 0.104. The Morgan fingerprint density at radius 2 is 2.03 bits per heavy atom. The third kappa shape index (κ3) is 4.23. The highest BCUT2D eigenvalue weighted by atomic mass is 16.2. The number of aromatic nitrogens is 5. The monoisotopic (exact) mass is 392 g/mol. The fourth-order valence-electron chi connectivity index (χ4n) is 4.03. The Hall–Kier alpha value is -2.96. The van der Waals surface area contributed by atoms with Crippen molar-refractivity contribution in [2.45, 2.75) is 46.2 Å². The first-order valence-electron chi connectivity index (χ1n) is 10.4. The van der Waals surface area contributed by atoms with Gasteiger partial charge < -0.3 is 9.47 Å². The summed E-state index contributed by atoms with van der Waals surface area (Å²) < 4.78 is 4.08. The van der Waals surface area contributed by atoms with Crippen LogP contribution in [0.15, 0.2) is 43.1 Å². The van der Waals surface area contributed by atoms with Crippen molar-refractivity contribution in [3.63, 3.8) is 0 Å². The third-order valence-corrected chi connectivity index (χ3v) is 5.84. The Kier molecular flexibility index (Phi) is 5.74. The molecule has 1 aliphatic heterocycles. The first-order chi connectivity index (χ1) is 14.2. The molecule has 3 aromatic rings. The molecule has 0 N–H and O–H groups in total. The molecule has 0 aliphatic carbocycles. The molecule has 0 unspecified atom stereocenters. The maximum atomic E-state index is 12.7. The second kappa shape index (κ2) is 8.59. The van der Waals surface area contributed by atoms with E-state index in [-0.39, 0.29) is 5.91 Å². The van der Waals surface area contributed by atoms with Crippen LogP contribution in [0.3, 0.4) is 0 Å². The highest BCUT2D eigenvalue weighted by Crippen LogP contribution is 2.25. The first-order valence-corrected chi connectivity index (χ1v) is 10.4. The van der Waals surface area contributed by atoms with Crippen LogP contribution in [0, 0.1) is 12.8 Å². The van der Waals surface area contributed by atoms with E-state index in [0.29, 0.717) is 11.5 Å². The molecule has 1 aliphatic rings. The Morgan fingerprint density at radius 3 is 2.72 bits per heavy atom. The summed E-state index contributed by atoms with van der Waals surface area (Å²) in [6.45, 7) is 7.49. The summed E-state index contributed by atoms with van der Waals surface area (Å²) in [5.41, 5.74) is 2.92. The number of aryl methyl sites for hydroxylation is 2. The van der Waals surface area contributed by atoms with Crippen LogP contribution in [-0.2, 0) is 13.1 Å². The summed E-state index contributed by atoms with van der Waals surface area (Å²) in [6, 6.07) is 4.00.